The van der Waals surface area contributed by atoms with Crippen LogP contribution in [0, 0.1) is 0 Å². The van der Waals surface area contributed by atoms with Crippen molar-refractivity contribution in [3.05, 3.63) is 54.1 Å². The lowest BCUT2D eigenvalue weighted by atomic mass is 10.1. The molecule has 2 atom stereocenters. The van der Waals surface area contributed by atoms with Crippen LogP contribution in [0.5, 0.6) is 0 Å². The molecule has 1 aliphatic rings. The quantitative estimate of drug-likeness (QED) is 0.908. The van der Waals surface area contributed by atoms with Crippen LogP contribution in [0.3, 0.4) is 0 Å². The van der Waals surface area contributed by atoms with Gasteiger partial charge in [0.2, 0.25) is 0 Å². The summed E-state index contributed by atoms with van der Waals surface area (Å²) in [6.45, 7) is 1.63. The highest BCUT2D eigenvalue weighted by atomic mass is 16.5. The second-order valence-electron chi connectivity index (χ2n) is 5.64. The molecule has 1 aliphatic heterocycles. The number of carbonyl (C=O) groups excluding carboxylic acids is 1. The maximum absolute atomic E-state index is 12.3. The minimum atomic E-state index is -0.207. The van der Waals surface area contributed by atoms with E-state index in [1.807, 2.05) is 30.3 Å². The first-order valence-electron chi connectivity index (χ1n) is 7.75. The molecule has 0 bridgehead atoms. The zero-order valence-corrected chi connectivity index (χ0v) is 13.1. The lowest BCUT2D eigenvalue weighted by molar-refractivity contribution is -0.0606. The van der Waals surface area contributed by atoms with Gasteiger partial charge in [-0.25, -0.2) is 4.98 Å². The Morgan fingerprint density at radius 1 is 1.43 bits per heavy atom. The first-order chi connectivity index (χ1) is 11.2. The number of amides is 1. The molecule has 2 heterocycles. The molecule has 1 N–H and O–H groups in total. The zero-order valence-electron chi connectivity index (χ0n) is 13.1. The van der Waals surface area contributed by atoms with Crippen molar-refractivity contribution < 1.29 is 14.3 Å². The van der Waals surface area contributed by atoms with E-state index in [1.54, 1.807) is 24.0 Å². The number of rotatable bonds is 5. The predicted octanol–water partition coefficient (Wildman–Crippen LogP) is 1.52. The Hall–Kier alpha value is -2.18. The summed E-state index contributed by atoms with van der Waals surface area (Å²) in [6.07, 6.45) is 4.05. The maximum atomic E-state index is 12.3. The van der Waals surface area contributed by atoms with E-state index in [0.29, 0.717) is 25.6 Å². The number of nitrogens with one attached hydrogen (secondary N) is 1. The summed E-state index contributed by atoms with van der Waals surface area (Å²) >= 11 is 0. The summed E-state index contributed by atoms with van der Waals surface area (Å²) in [4.78, 5) is 16.4. The van der Waals surface area contributed by atoms with Crippen LogP contribution in [-0.4, -0.2) is 40.8 Å². The maximum Gasteiger partial charge on any atom is 0.287 e. The van der Waals surface area contributed by atoms with Gasteiger partial charge >= 0.3 is 0 Å². The number of benzene rings is 1. The average molecular weight is 315 g/mol. The molecule has 1 aromatic carbocycles. The highest BCUT2D eigenvalue weighted by Gasteiger charge is 2.29. The lowest BCUT2D eigenvalue weighted by Crippen LogP contribution is -2.50. The van der Waals surface area contributed by atoms with E-state index in [0.717, 1.165) is 12.0 Å². The first kappa shape index (κ1) is 15.7. The van der Waals surface area contributed by atoms with Gasteiger partial charge < -0.3 is 19.4 Å². The smallest absolute Gasteiger partial charge is 0.287 e. The number of carbonyl (C=O) groups is 1. The Morgan fingerprint density at radius 3 is 3.00 bits per heavy atom. The molecular formula is C17H21N3O3. The van der Waals surface area contributed by atoms with Gasteiger partial charge in [-0.1, -0.05) is 30.3 Å². The van der Waals surface area contributed by atoms with Crippen molar-refractivity contribution in [2.24, 2.45) is 7.05 Å². The molecule has 0 saturated carbocycles. The van der Waals surface area contributed by atoms with Crippen molar-refractivity contribution in [3.8, 4) is 0 Å². The summed E-state index contributed by atoms with van der Waals surface area (Å²) in [5.41, 5.74) is 1.12. The molecule has 0 radical (unpaired) electrons. The van der Waals surface area contributed by atoms with Gasteiger partial charge in [0.25, 0.3) is 5.91 Å². The van der Waals surface area contributed by atoms with Gasteiger partial charge in [0.05, 0.1) is 25.4 Å². The molecule has 1 saturated heterocycles. The van der Waals surface area contributed by atoms with Crippen LogP contribution in [0.2, 0.25) is 0 Å². The first-order valence-corrected chi connectivity index (χ1v) is 7.75. The third kappa shape index (κ3) is 3.97. The van der Waals surface area contributed by atoms with E-state index in [9.17, 15) is 4.79 Å². The number of aromatic nitrogens is 2. The van der Waals surface area contributed by atoms with Gasteiger partial charge in [0.1, 0.15) is 0 Å². The van der Waals surface area contributed by atoms with Crippen molar-refractivity contribution in [2.45, 2.75) is 25.2 Å². The molecule has 1 fully saturated rings. The van der Waals surface area contributed by atoms with Crippen molar-refractivity contribution in [2.75, 3.05) is 13.2 Å². The Kier molecular flexibility index (Phi) is 5.05. The van der Waals surface area contributed by atoms with Crippen LogP contribution < -0.4 is 5.32 Å². The zero-order chi connectivity index (χ0) is 16.1. The molecule has 1 amide bonds. The summed E-state index contributed by atoms with van der Waals surface area (Å²) in [5, 5.41) is 2.98. The number of ether oxygens (including phenoxy) is 2. The number of hydrogen-bond acceptors (Lipinski definition) is 4. The lowest BCUT2D eigenvalue weighted by Gasteiger charge is -2.32. The fraction of sp³-hybridized carbons (Fsp3) is 0.412. The minimum Gasteiger partial charge on any atom is -0.379 e. The number of aryl methyl sites for hydroxylation is 1. The van der Waals surface area contributed by atoms with Crippen molar-refractivity contribution >= 4 is 5.91 Å². The molecule has 1 aromatic heterocycles. The topological polar surface area (TPSA) is 65.4 Å². The SMILES string of the molecule is Cn1ccnc1C(=O)N[C@@H]1COCC[C@@H]1OCc1ccccc1. The molecule has 0 spiro atoms. The molecule has 3 rings (SSSR count). The molecule has 6 heteroatoms. The van der Waals surface area contributed by atoms with Crippen LogP contribution in [0.4, 0.5) is 0 Å². The highest BCUT2D eigenvalue weighted by Crippen LogP contribution is 2.15. The molecular weight excluding hydrogens is 294 g/mol. The van der Waals surface area contributed by atoms with E-state index in [4.69, 9.17) is 9.47 Å². The van der Waals surface area contributed by atoms with Gasteiger partial charge in [-0.05, 0) is 12.0 Å². The van der Waals surface area contributed by atoms with E-state index in [1.165, 1.54) is 0 Å². The van der Waals surface area contributed by atoms with Gasteiger partial charge in [-0.2, -0.15) is 0 Å². The van der Waals surface area contributed by atoms with E-state index >= 15 is 0 Å². The summed E-state index contributed by atoms with van der Waals surface area (Å²) in [5.74, 6) is 0.179. The van der Waals surface area contributed by atoms with E-state index in [2.05, 4.69) is 10.3 Å². The van der Waals surface area contributed by atoms with Crippen LogP contribution in [0.1, 0.15) is 22.6 Å². The van der Waals surface area contributed by atoms with Crippen LogP contribution in [0.15, 0.2) is 42.7 Å². The Bertz CT molecular complexity index is 642. The Morgan fingerprint density at radius 2 is 2.26 bits per heavy atom. The Balaban J connectivity index is 1.60. The number of hydrogen-bond donors (Lipinski definition) is 1. The van der Waals surface area contributed by atoms with Gasteiger partial charge in [-0.15, -0.1) is 0 Å². The molecule has 122 valence electrons. The normalized spacial score (nSPS) is 21.1. The second kappa shape index (κ2) is 7.39. The number of imidazole rings is 1. The third-order valence-corrected chi connectivity index (χ3v) is 3.94. The fourth-order valence-electron chi connectivity index (χ4n) is 2.65. The molecule has 23 heavy (non-hydrogen) atoms. The van der Waals surface area contributed by atoms with Gasteiger partial charge in [0, 0.05) is 26.0 Å². The molecule has 0 aliphatic carbocycles. The molecule has 6 nitrogen and oxygen atoms in total. The minimum absolute atomic E-state index is 0.0619. The third-order valence-electron chi connectivity index (χ3n) is 3.94. The molecule has 2 aromatic rings. The monoisotopic (exact) mass is 315 g/mol. The largest absolute Gasteiger partial charge is 0.379 e. The fourth-order valence-corrected chi connectivity index (χ4v) is 2.65. The predicted molar refractivity (Wildman–Crippen MR) is 84.9 cm³/mol. The Labute approximate surface area is 135 Å². The van der Waals surface area contributed by atoms with Crippen LogP contribution >= 0.6 is 0 Å². The van der Waals surface area contributed by atoms with Gasteiger partial charge in [0.15, 0.2) is 5.82 Å². The van der Waals surface area contributed by atoms with E-state index in [-0.39, 0.29) is 18.1 Å². The van der Waals surface area contributed by atoms with Crippen LogP contribution in [-0.2, 0) is 23.1 Å². The van der Waals surface area contributed by atoms with Gasteiger partial charge in [-0.3, -0.25) is 4.79 Å². The second-order valence-corrected chi connectivity index (χ2v) is 5.64. The van der Waals surface area contributed by atoms with Crippen molar-refractivity contribution in [1.29, 1.82) is 0 Å². The number of nitrogens with zero attached hydrogens (tertiary/aromatic N) is 2. The highest BCUT2D eigenvalue weighted by molar-refractivity contribution is 5.91. The average Bonchev–Trinajstić information content (AvgIpc) is 3.01. The summed E-state index contributed by atoms with van der Waals surface area (Å²) < 4.78 is 13.2. The summed E-state index contributed by atoms with van der Waals surface area (Å²) in [7, 11) is 1.79. The van der Waals surface area contributed by atoms with Crippen molar-refractivity contribution in [3.63, 3.8) is 0 Å². The van der Waals surface area contributed by atoms with E-state index < -0.39 is 0 Å². The summed E-state index contributed by atoms with van der Waals surface area (Å²) in [6, 6.07) is 9.85. The van der Waals surface area contributed by atoms with Crippen molar-refractivity contribution in [1.82, 2.24) is 14.9 Å². The standard InChI is InChI=1S/C17H21N3O3/c1-20-9-8-18-16(20)17(21)19-14-12-22-10-7-15(14)23-11-13-5-3-2-4-6-13/h2-6,8-9,14-15H,7,10-12H2,1H3,(H,19,21)/t14-,15+/m1/s1. The van der Waals surface area contributed by atoms with Crippen LogP contribution in [0.25, 0.3) is 0 Å². The molecule has 0 unspecified atom stereocenters.